The zero-order valence-corrected chi connectivity index (χ0v) is 18.8. The summed E-state index contributed by atoms with van der Waals surface area (Å²) in [5.74, 6) is -0.510. The van der Waals surface area contributed by atoms with Crippen LogP contribution in [0.4, 0.5) is 11.5 Å². The topological polar surface area (TPSA) is 110 Å². The molecule has 2 aliphatic rings. The maximum absolute atomic E-state index is 13.3. The molecule has 2 aromatic heterocycles. The number of hydrogen-bond acceptors (Lipinski definition) is 7. The number of nitrogen functional groups attached to an aromatic ring is 1. The lowest BCUT2D eigenvalue weighted by Crippen LogP contribution is -2.46. The number of piperidine rings is 1. The van der Waals surface area contributed by atoms with Gasteiger partial charge in [0.15, 0.2) is 0 Å². The minimum absolute atomic E-state index is 0.158. The Morgan fingerprint density at radius 2 is 2.09 bits per heavy atom. The van der Waals surface area contributed by atoms with Crippen LogP contribution in [0, 0.1) is 5.92 Å². The third-order valence-corrected chi connectivity index (χ3v) is 7.21. The van der Waals surface area contributed by atoms with Gasteiger partial charge in [0.25, 0.3) is 0 Å². The Kier molecular flexibility index (Phi) is 5.30. The van der Waals surface area contributed by atoms with Crippen LogP contribution in [0.1, 0.15) is 55.5 Å². The van der Waals surface area contributed by atoms with E-state index in [0.717, 1.165) is 39.7 Å². The van der Waals surface area contributed by atoms with Gasteiger partial charge in [0.2, 0.25) is 0 Å². The second-order valence-electron chi connectivity index (χ2n) is 8.59. The average molecular weight is 452 g/mol. The lowest BCUT2D eigenvalue weighted by atomic mass is 9.89. The summed E-state index contributed by atoms with van der Waals surface area (Å²) in [4.78, 5) is 36.6. The quantitative estimate of drug-likeness (QED) is 0.574. The summed E-state index contributed by atoms with van der Waals surface area (Å²) in [6.45, 7) is 4.85. The number of anilines is 2. The summed E-state index contributed by atoms with van der Waals surface area (Å²) in [5.41, 5.74) is 11.8. The number of likely N-dealkylation sites (tertiary alicyclic amines) is 1. The smallest absolute Gasteiger partial charge is 0.313 e. The number of pyridine rings is 1. The molecule has 3 aromatic rings. The SMILES string of the molecule is C[C@H]1CC[C@H](c2ccc3scnc3c2)N(C(=O)C(=O)Nc2cnc(N)c3c2CO[C@H]3C)C1. The number of ether oxygens (including phenoxy) is 1. The van der Waals surface area contributed by atoms with Crippen molar-refractivity contribution in [2.24, 2.45) is 5.92 Å². The number of carbonyl (C=O) groups is 2. The van der Waals surface area contributed by atoms with Crippen LogP contribution < -0.4 is 11.1 Å². The first-order valence-electron chi connectivity index (χ1n) is 10.8. The van der Waals surface area contributed by atoms with E-state index in [0.29, 0.717) is 30.6 Å². The van der Waals surface area contributed by atoms with Gasteiger partial charge >= 0.3 is 11.8 Å². The lowest BCUT2D eigenvalue weighted by Gasteiger charge is -2.38. The van der Waals surface area contributed by atoms with Crippen LogP contribution in [0.25, 0.3) is 10.2 Å². The maximum atomic E-state index is 13.3. The number of fused-ring (bicyclic) bond motifs is 2. The summed E-state index contributed by atoms with van der Waals surface area (Å²) < 4.78 is 6.76. The second kappa shape index (κ2) is 8.14. The van der Waals surface area contributed by atoms with Crippen LogP contribution in [0.15, 0.2) is 29.9 Å². The van der Waals surface area contributed by atoms with Crippen LogP contribution in [-0.2, 0) is 20.9 Å². The fraction of sp³-hybridized carbons (Fsp3) is 0.391. The fourth-order valence-electron chi connectivity index (χ4n) is 4.70. The van der Waals surface area contributed by atoms with Crippen molar-refractivity contribution in [1.82, 2.24) is 14.9 Å². The zero-order chi connectivity index (χ0) is 22.4. The largest absolute Gasteiger partial charge is 0.383 e. The van der Waals surface area contributed by atoms with Gasteiger partial charge in [0.1, 0.15) is 5.82 Å². The Hall–Kier alpha value is -3.04. The van der Waals surface area contributed by atoms with Gasteiger partial charge < -0.3 is 20.7 Å². The Morgan fingerprint density at radius 3 is 2.94 bits per heavy atom. The molecule has 0 saturated carbocycles. The lowest BCUT2D eigenvalue weighted by molar-refractivity contribution is -0.146. The molecule has 3 atom stereocenters. The summed E-state index contributed by atoms with van der Waals surface area (Å²) in [7, 11) is 0. The highest BCUT2D eigenvalue weighted by Crippen LogP contribution is 2.38. The fourth-order valence-corrected chi connectivity index (χ4v) is 5.36. The third kappa shape index (κ3) is 3.61. The first-order chi connectivity index (χ1) is 15.4. The maximum Gasteiger partial charge on any atom is 0.313 e. The third-order valence-electron chi connectivity index (χ3n) is 6.40. The van der Waals surface area contributed by atoms with Gasteiger partial charge in [-0.25, -0.2) is 9.97 Å². The Morgan fingerprint density at radius 1 is 1.25 bits per heavy atom. The molecule has 0 bridgehead atoms. The van der Waals surface area contributed by atoms with E-state index in [-0.39, 0.29) is 12.1 Å². The molecule has 2 amide bonds. The summed E-state index contributed by atoms with van der Waals surface area (Å²) in [6, 6.07) is 5.94. The molecule has 8 nitrogen and oxygen atoms in total. The van der Waals surface area contributed by atoms with E-state index in [9.17, 15) is 9.59 Å². The molecule has 166 valence electrons. The van der Waals surface area contributed by atoms with Gasteiger partial charge in [-0.3, -0.25) is 9.59 Å². The molecule has 1 fully saturated rings. The van der Waals surface area contributed by atoms with Gasteiger partial charge in [-0.1, -0.05) is 13.0 Å². The Bertz CT molecular complexity index is 1210. The highest BCUT2D eigenvalue weighted by atomic mass is 32.1. The van der Waals surface area contributed by atoms with Gasteiger partial charge in [0, 0.05) is 17.7 Å². The summed E-state index contributed by atoms with van der Waals surface area (Å²) in [6.07, 6.45) is 3.10. The monoisotopic (exact) mass is 451 g/mol. The van der Waals surface area contributed by atoms with E-state index >= 15 is 0 Å². The predicted octanol–water partition coefficient (Wildman–Crippen LogP) is 3.80. The van der Waals surface area contributed by atoms with Crippen LogP contribution in [0.5, 0.6) is 0 Å². The van der Waals surface area contributed by atoms with Crippen LogP contribution in [0.2, 0.25) is 0 Å². The molecule has 0 unspecified atom stereocenters. The minimum atomic E-state index is -0.674. The van der Waals surface area contributed by atoms with Crippen molar-refractivity contribution < 1.29 is 14.3 Å². The highest BCUT2D eigenvalue weighted by Gasteiger charge is 2.35. The number of rotatable bonds is 2. The van der Waals surface area contributed by atoms with Gasteiger partial charge in [-0.05, 0) is 43.4 Å². The Balaban J connectivity index is 1.40. The van der Waals surface area contributed by atoms with Crippen molar-refractivity contribution in [1.29, 1.82) is 0 Å². The molecule has 1 saturated heterocycles. The first-order valence-corrected chi connectivity index (χ1v) is 11.6. The molecule has 1 aromatic carbocycles. The molecule has 2 aliphatic heterocycles. The summed E-state index contributed by atoms with van der Waals surface area (Å²) in [5, 5.41) is 2.76. The molecule has 3 N–H and O–H groups in total. The zero-order valence-electron chi connectivity index (χ0n) is 18.0. The van der Waals surface area contributed by atoms with Crippen LogP contribution in [-0.4, -0.2) is 33.2 Å². The van der Waals surface area contributed by atoms with E-state index in [1.807, 2.05) is 30.6 Å². The normalized spacial score (nSPS) is 22.7. The molecular formula is C23H25N5O3S. The predicted molar refractivity (Wildman–Crippen MR) is 123 cm³/mol. The number of thiazole rings is 1. The van der Waals surface area contributed by atoms with E-state index in [2.05, 4.69) is 22.2 Å². The van der Waals surface area contributed by atoms with Crippen LogP contribution in [0.3, 0.4) is 0 Å². The highest BCUT2D eigenvalue weighted by molar-refractivity contribution is 7.16. The number of nitrogens with two attached hydrogens (primary N) is 1. The number of nitrogens with one attached hydrogen (secondary N) is 1. The van der Waals surface area contributed by atoms with E-state index in [1.165, 1.54) is 6.20 Å². The summed E-state index contributed by atoms with van der Waals surface area (Å²) >= 11 is 1.59. The van der Waals surface area contributed by atoms with E-state index in [1.54, 1.807) is 16.2 Å². The first kappa shape index (κ1) is 20.8. The second-order valence-corrected chi connectivity index (χ2v) is 9.48. The average Bonchev–Trinajstić information content (AvgIpc) is 3.41. The standard InChI is InChI=1S/C23H25N5O3S/c1-12-3-5-18(14-4-6-19-16(7-14)26-11-32-19)28(9-12)23(30)22(29)27-17-8-25-21(24)20-13(2)31-10-15(17)20/h4,6-8,11-13,18H,3,5,9-10H2,1-2H3,(H2,24,25)(H,27,29)/t12-,13-,18+/m0/s1. The number of carbonyl (C=O) groups excluding carboxylic acids is 2. The van der Waals surface area contributed by atoms with Crippen LogP contribution >= 0.6 is 11.3 Å². The van der Waals surface area contributed by atoms with Crippen molar-refractivity contribution in [3.63, 3.8) is 0 Å². The minimum Gasteiger partial charge on any atom is -0.383 e. The van der Waals surface area contributed by atoms with Crippen molar-refractivity contribution in [3.8, 4) is 0 Å². The molecule has 5 rings (SSSR count). The molecular weight excluding hydrogens is 426 g/mol. The number of amides is 2. The van der Waals surface area contributed by atoms with Gasteiger partial charge in [0.05, 0.1) is 46.4 Å². The number of hydrogen-bond donors (Lipinski definition) is 2. The van der Waals surface area contributed by atoms with Crippen molar-refractivity contribution in [2.45, 2.75) is 45.4 Å². The van der Waals surface area contributed by atoms with Crippen molar-refractivity contribution in [3.05, 3.63) is 46.6 Å². The van der Waals surface area contributed by atoms with Gasteiger partial charge in [-0.2, -0.15) is 0 Å². The van der Waals surface area contributed by atoms with Crippen molar-refractivity contribution in [2.75, 3.05) is 17.6 Å². The molecule has 0 spiro atoms. The number of benzene rings is 1. The molecule has 9 heteroatoms. The number of aromatic nitrogens is 2. The van der Waals surface area contributed by atoms with E-state index in [4.69, 9.17) is 10.5 Å². The Labute approximate surface area is 189 Å². The molecule has 4 heterocycles. The van der Waals surface area contributed by atoms with Gasteiger partial charge in [-0.15, -0.1) is 11.3 Å². The molecule has 0 radical (unpaired) electrons. The van der Waals surface area contributed by atoms with Crippen molar-refractivity contribution >= 4 is 44.9 Å². The molecule has 0 aliphatic carbocycles. The number of nitrogens with zero attached hydrogens (tertiary/aromatic N) is 3. The molecule has 32 heavy (non-hydrogen) atoms. The van der Waals surface area contributed by atoms with E-state index < -0.39 is 11.8 Å².